The summed E-state index contributed by atoms with van der Waals surface area (Å²) in [6, 6.07) is 2.28. The number of aromatic nitrogens is 1. The van der Waals surface area contributed by atoms with Crippen molar-refractivity contribution in [2.45, 2.75) is 50.7 Å². The van der Waals surface area contributed by atoms with E-state index in [1.807, 2.05) is 6.26 Å². The Kier molecular flexibility index (Phi) is 2.18. The largest absolute Gasteiger partial charge is 0.432 e. The second-order valence-electron chi connectivity index (χ2n) is 5.76. The standard InChI is InChI=1S/C13H19N3O/c1-4-12-5-9(1)7-16(12)13-15-11(8-17-13)6-14-10-2-3-10/h8-10,12,14H,1-7H2. The molecule has 1 aromatic heterocycles. The number of nitrogens with one attached hydrogen (secondary N) is 1. The molecule has 1 saturated heterocycles. The maximum atomic E-state index is 5.63. The van der Waals surface area contributed by atoms with Gasteiger partial charge in [-0.15, -0.1) is 0 Å². The van der Waals surface area contributed by atoms with E-state index in [0.29, 0.717) is 6.04 Å². The van der Waals surface area contributed by atoms with Gasteiger partial charge in [0.25, 0.3) is 6.01 Å². The number of piperidine rings is 1. The van der Waals surface area contributed by atoms with Gasteiger partial charge in [-0.05, 0) is 38.0 Å². The Morgan fingerprint density at radius 1 is 1.35 bits per heavy atom. The molecule has 4 rings (SSSR count). The maximum absolute atomic E-state index is 5.63. The second-order valence-corrected chi connectivity index (χ2v) is 5.76. The first-order valence-electron chi connectivity index (χ1n) is 6.83. The van der Waals surface area contributed by atoms with E-state index in [1.54, 1.807) is 0 Å². The first-order chi connectivity index (χ1) is 8.38. The summed E-state index contributed by atoms with van der Waals surface area (Å²) in [6.07, 6.45) is 8.52. The van der Waals surface area contributed by atoms with Crippen LogP contribution in [0.3, 0.4) is 0 Å². The number of rotatable bonds is 4. The van der Waals surface area contributed by atoms with Gasteiger partial charge in [0.1, 0.15) is 6.26 Å². The molecule has 17 heavy (non-hydrogen) atoms. The van der Waals surface area contributed by atoms with Crippen LogP contribution in [0.15, 0.2) is 10.7 Å². The number of hydrogen-bond donors (Lipinski definition) is 1. The van der Waals surface area contributed by atoms with Crippen LogP contribution in [0.25, 0.3) is 0 Å². The van der Waals surface area contributed by atoms with Gasteiger partial charge in [0.05, 0.1) is 5.69 Å². The molecule has 92 valence electrons. The van der Waals surface area contributed by atoms with Gasteiger partial charge in [-0.2, -0.15) is 4.98 Å². The Hall–Kier alpha value is -1.03. The quantitative estimate of drug-likeness (QED) is 0.862. The van der Waals surface area contributed by atoms with E-state index in [2.05, 4.69) is 15.2 Å². The fourth-order valence-electron chi connectivity index (χ4n) is 3.20. The molecule has 2 atom stereocenters. The molecule has 3 aliphatic rings. The fraction of sp³-hybridized carbons (Fsp3) is 0.769. The van der Waals surface area contributed by atoms with Crippen molar-refractivity contribution >= 4 is 6.01 Å². The van der Waals surface area contributed by atoms with Gasteiger partial charge in [0.15, 0.2) is 0 Å². The first-order valence-corrected chi connectivity index (χ1v) is 6.83. The molecule has 0 radical (unpaired) electrons. The second kappa shape index (κ2) is 3.73. The lowest BCUT2D eigenvalue weighted by Gasteiger charge is -2.24. The van der Waals surface area contributed by atoms with Crippen molar-refractivity contribution in [1.82, 2.24) is 10.3 Å². The van der Waals surface area contributed by atoms with Crippen LogP contribution in [0.1, 0.15) is 37.8 Å². The summed E-state index contributed by atoms with van der Waals surface area (Å²) in [4.78, 5) is 6.98. The van der Waals surface area contributed by atoms with Crippen molar-refractivity contribution in [3.05, 3.63) is 12.0 Å². The molecule has 0 spiro atoms. The van der Waals surface area contributed by atoms with Gasteiger partial charge in [0, 0.05) is 25.2 Å². The Morgan fingerprint density at radius 2 is 2.29 bits per heavy atom. The summed E-state index contributed by atoms with van der Waals surface area (Å²) in [5, 5.41) is 3.47. The summed E-state index contributed by atoms with van der Waals surface area (Å²) < 4.78 is 5.63. The Labute approximate surface area is 101 Å². The zero-order chi connectivity index (χ0) is 11.2. The lowest BCUT2D eigenvalue weighted by atomic mass is 10.1. The van der Waals surface area contributed by atoms with E-state index < -0.39 is 0 Å². The van der Waals surface area contributed by atoms with Crippen molar-refractivity contribution in [2.75, 3.05) is 11.4 Å². The van der Waals surface area contributed by atoms with Gasteiger partial charge in [-0.3, -0.25) is 0 Å². The Bertz CT molecular complexity index is 413. The number of oxazole rings is 1. The molecular formula is C13H19N3O. The molecular weight excluding hydrogens is 214 g/mol. The molecule has 4 heteroatoms. The SMILES string of the molecule is c1oc(N2CC3CCC2C3)nc1CNC1CC1. The predicted molar refractivity (Wildman–Crippen MR) is 64.8 cm³/mol. The van der Waals surface area contributed by atoms with E-state index in [9.17, 15) is 0 Å². The smallest absolute Gasteiger partial charge is 0.297 e. The average molecular weight is 233 g/mol. The van der Waals surface area contributed by atoms with Crippen molar-refractivity contribution in [2.24, 2.45) is 5.92 Å². The van der Waals surface area contributed by atoms with Crippen molar-refractivity contribution in [1.29, 1.82) is 0 Å². The molecule has 0 aromatic carbocycles. The molecule has 2 unspecified atom stereocenters. The molecule has 4 nitrogen and oxygen atoms in total. The molecule has 1 aromatic rings. The summed E-state index contributed by atoms with van der Waals surface area (Å²) >= 11 is 0. The van der Waals surface area contributed by atoms with E-state index >= 15 is 0 Å². The van der Waals surface area contributed by atoms with Crippen LogP contribution < -0.4 is 10.2 Å². The van der Waals surface area contributed by atoms with E-state index in [1.165, 1.54) is 32.1 Å². The predicted octanol–water partition coefficient (Wildman–Crippen LogP) is 1.92. The number of anilines is 1. The minimum atomic E-state index is 0.697. The van der Waals surface area contributed by atoms with Gasteiger partial charge in [-0.1, -0.05) is 0 Å². The van der Waals surface area contributed by atoms with Crippen LogP contribution in [-0.4, -0.2) is 23.6 Å². The topological polar surface area (TPSA) is 41.3 Å². The molecule has 2 aliphatic carbocycles. The van der Waals surface area contributed by atoms with Crippen LogP contribution in [0.4, 0.5) is 6.01 Å². The van der Waals surface area contributed by atoms with Crippen LogP contribution in [0.5, 0.6) is 0 Å². The highest BCUT2D eigenvalue weighted by Gasteiger charge is 2.39. The third kappa shape index (κ3) is 1.84. The summed E-state index contributed by atoms with van der Waals surface area (Å²) in [7, 11) is 0. The first kappa shape index (κ1) is 9.95. The van der Waals surface area contributed by atoms with Gasteiger partial charge in [-0.25, -0.2) is 0 Å². The molecule has 0 amide bonds. The molecule has 3 fully saturated rings. The third-order valence-electron chi connectivity index (χ3n) is 4.34. The highest BCUT2D eigenvalue weighted by atomic mass is 16.4. The number of fused-ring (bicyclic) bond motifs is 2. The molecule has 2 bridgehead atoms. The van der Waals surface area contributed by atoms with Crippen LogP contribution in [0.2, 0.25) is 0 Å². The summed E-state index contributed by atoms with van der Waals surface area (Å²) in [6.45, 7) is 2.01. The summed E-state index contributed by atoms with van der Waals surface area (Å²) in [5.41, 5.74) is 1.05. The van der Waals surface area contributed by atoms with Crippen LogP contribution in [0, 0.1) is 5.92 Å². The van der Waals surface area contributed by atoms with Crippen LogP contribution >= 0.6 is 0 Å². The zero-order valence-electron chi connectivity index (χ0n) is 10.1. The highest BCUT2D eigenvalue weighted by Crippen LogP contribution is 2.39. The Morgan fingerprint density at radius 3 is 3.00 bits per heavy atom. The van der Waals surface area contributed by atoms with Gasteiger partial charge in [0.2, 0.25) is 0 Å². The van der Waals surface area contributed by atoms with E-state index in [0.717, 1.165) is 36.8 Å². The number of hydrogen-bond acceptors (Lipinski definition) is 4. The minimum Gasteiger partial charge on any atom is -0.432 e. The van der Waals surface area contributed by atoms with E-state index in [4.69, 9.17) is 4.42 Å². The van der Waals surface area contributed by atoms with Gasteiger partial charge < -0.3 is 14.6 Å². The monoisotopic (exact) mass is 233 g/mol. The lowest BCUT2D eigenvalue weighted by Crippen LogP contribution is -2.32. The van der Waals surface area contributed by atoms with Crippen LogP contribution in [-0.2, 0) is 6.54 Å². The van der Waals surface area contributed by atoms with Crippen molar-refractivity contribution < 1.29 is 4.42 Å². The lowest BCUT2D eigenvalue weighted by molar-refractivity contribution is 0.484. The fourth-order valence-corrected chi connectivity index (χ4v) is 3.20. The van der Waals surface area contributed by atoms with Gasteiger partial charge >= 0.3 is 0 Å². The van der Waals surface area contributed by atoms with Crippen molar-refractivity contribution in [3.8, 4) is 0 Å². The minimum absolute atomic E-state index is 0.697. The average Bonchev–Trinajstić information content (AvgIpc) is 2.82. The molecule has 2 saturated carbocycles. The van der Waals surface area contributed by atoms with E-state index in [-0.39, 0.29) is 0 Å². The van der Waals surface area contributed by atoms with Crippen molar-refractivity contribution in [3.63, 3.8) is 0 Å². The normalized spacial score (nSPS) is 31.4. The zero-order valence-corrected chi connectivity index (χ0v) is 10.1. The maximum Gasteiger partial charge on any atom is 0.297 e. The third-order valence-corrected chi connectivity index (χ3v) is 4.34. The highest BCUT2D eigenvalue weighted by molar-refractivity contribution is 5.33. The number of nitrogens with zero attached hydrogens (tertiary/aromatic N) is 2. The Balaban J connectivity index is 1.43. The molecule has 1 N–H and O–H groups in total. The molecule has 1 aliphatic heterocycles. The summed E-state index contributed by atoms with van der Waals surface area (Å²) in [5.74, 6) is 0.889. The molecule has 2 heterocycles.